The van der Waals surface area contributed by atoms with E-state index in [2.05, 4.69) is 35.2 Å². The van der Waals surface area contributed by atoms with E-state index in [1.807, 2.05) is 43.3 Å². The van der Waals surface area contributed by atoms with Gasteiger partial charge in [-0.2, -0.15) is 9.78 Å². The minimum Gasteiger partial charge on any atom is -0.460 e. The predicted molar refractivity (Wildman–Crippen MR) is 125 cm³/mol. The molecule has 0 spiro atoms. The summed E-state index contributed by atoms with van der Waals surface area (Å²) >= 11 is 0. The number of fused-ring (bicyclic) bond motifs is 1. The Labute approximate surface area is 192 Å². The zero-order valence-electron chi connectivity index (χ0n) is 19.0. The van der Waals surface area contributed by atoms with Gasteiger partial charge in [0.1, 0.15) is 5.82 Å². The van der Waals surface area contributed by atoms with E-state index in [1.54, 1.807) is 11.4 Å². The average Bonchev–Trinajstić information content (AvgIpc) is 3.29. The van der Waals surface area contributed by atoms with Crippen molar-refractivity contribution in [2.45, 2.75) is 40.0 Å². The molecule has 0 bridgehead atoms. The summed E-state index contributed by atoms with van der Waals surface area (Å²) in [6, 6.07) is 18.0. The summed E-state index contributed by atoms with van der Waals surface area (Å²) in [4.78, 5) is 21.5. The second-order valence-electron chi connectivity index (χ2n) is 7.76. The first-order valence-corrected chi connectivity index (χ1v) is 11.1. The van der Waals surface area contributed by atoms with Gasteiger partial charge in [-0.25, -0.2) is 14.8 Å². The third kappa shape index (κ3) is 4.46. The van der Waals surface area contributed by atoms with Crippen molar-refractivity contribution in [1.29, 1.82) is 5.26 Å². The monoisotopic (exact) mass is 439 g/mol. The van der Waals surface area contributed by atoms with Crippen LogP contribution in [0.5, 0.6) is 0 Å². The van der Waals surface area contributed by atoms with Crippen molar-refractivity contribution < 1.29 is 9.53 Å². The van der Waals surface area contributed by atoms with Gasteiger partial charge in [0, 0.05) is 17.7 Å². The first kappa shape index (κ1) is 22.2. The summed E-state index contributed by atoms with van der Waals surface area (Å²) in [7, 11) is 0. The number of hydrogen-bond donors (Lipinski definition) is 0. The van der Waals surface area contributed by atoms with Crippen molar-refractivity contribution in [3.63, 3.8) is 0 Å². The Kier molecular flexibility index (Phi) is 6.45. The van der Waals surface area contributed by atoms with Gasteiger partial charge in [-0.3, -0.25) is 0 Å². The summed E-state index contributed by atoms with van der Waals surface area (Å²) in [6.45, 7) is 5.99. The Morgan fingerprint density at radius 2 is 1.85 bits per heavy atom. The van der Waals surface area contributed by atoms with Gasteiger partial charge < -0.3 is 4.74 Å². The van der Waals surface area contributed by atoms with Gasteiger partial charge in [-0.15, -0.1) is 5.10 Å². The molecule has 0 saturated heterocycles. The van der Waals surface area contributed by atoms with Crippen LogP contribution in [0.15, 0.2) is 48.5 Å². The molecule has 7 nitrogen and oxygen atoms in total. The highest BCUT2D eigenvalue weighted by Crippen LogP contribution is 2.26. The molecule has 0 aliphatic heterocycles. The van der Waals surface area contributed by atoms with Crippen LogP contribution >= 0.6 is 0 Å². The van der Waals surface area contributed by atoms with Crippen molar-refractivity contribution >= 4 is 11.6 Å². The number of benzene rings is 2. The largest absolute Gasteiger partial charge is 0.460 e. The van der Waals surface area contributed by atoms with E-state index in [4.69, 9.17) is 9.72 Å². The molecule has 0 saturated carbocycles. The topological polar surface area (TPSA) is 93.2 Å². The molecular weight excluding hydrogens is 414 g/mol. The normalized spacial score (nSPS) is 10.8. The van der Waals surface area contributed by atoms with Gasteiger partial charge in [0.25, 0.3) is 5.82 Å². The molecule has 7 heteroatoms. The Balaban J connectivity index is 1.74. The van der Waals surface area contributed by atoms with E-state index >= 15 is 0 Å². The van der Waals surface area contributed by atoms with Gasteiger partial charge in [-0.05, 0) is 43.0 Å². The zero-order chi connectivity index (χ0) is 23.4. The molecule has 0 radical (unpaired) electrons. The zero-order valence-corrected chi connectivity index (χ0v) is 19.0. The Bertz CT molecular complexity index is 1350. The predicted octanol–water partition coefficient (Wildman–Crippen LogP) is 4.69. The summed E-state index contributed by atoms with van der Waals surface area (Å²) in [6.07, 6.45) is 2.35. The van der Waals surface area contributed by atoms with Crippen LogP contribution in [0.3, 0.4) is 0 Å². The van der Waals surface area contributed by atoms with Crippen molar-refractivity contribution in [1.82, 2.24) is 19.6 Å². The molecule has 2 heterocycles. The minimum absolute atomic E-state index is 0.0418. The third-order valence-corrected chi connectivity index (χ3v) is 5.47. The van der Waals surface area contributed by atoms with Crippen LogP contribution in [-0.4, -0.2) is 32.2 Å². The third-order valence-electron chi connectivity index (χ3n) is 5.47. The molecule has 0 aliphatic carbocycles. The number of esters is 1. The quantitative estimate of drug-likeness (QED) is 0.388. The van der Waals surface area contributed by atoms with Gasteiger partial charge >= 0.3 is 5.97 Å². The number of carbonyl (C=O) groups is 1. The highest BCUT2D eigenvalue weighted by Gasteiger charge is 2.20. The molecular formula is C26H25N5O2. The minimum atomic E-state index is -0.538. The van der Waals surface area contributed by atoms with Gasteiger partial charge in [-0.1, -0.05) is 55.8 Å². The summed E-state index contributed by atoms with van der Waals surface area (Å²) < 4.78 is 6.71. The summed E-state index contributed by atoms with van der Waals surface area (Å²) in [5, 5.41) is 13.7. The first-order valence-electron chi connectivity index (χ1n) is 11.1. The number of aryl methyl sites for hydroxylation is 2. The molecule has 4 rings (SSSR count). The van der Waals surface area contributed by atoms with Gasteiger partial charge in [0.2, 0.25) is 0 Å². The molecule has 2 aromatic carbocycles. The molecule has 0 unspecified atom stereocenters. The Morgan fingerprint density at radius 3 is 2.55 bits per heavy atom. The first-order chi connectivity index (χ1) is 16.0. The lowest BCUT2D eigenvalue weighted by Crippen LogP contribution is -2.09. The second-order valence-corrected chi connectivity index (χ2v) is 7.76. The molecule has 0 fully saturated rings. The van der Waals surface area contributed by atoms with E-state index < -0.39 is 5.97 Å². The molecule has 0 atom stereocenters. The standard InChI is InChI=1S/C26H25N5O2/c1-4-8-23-22(25-29-24(26(32)33-5-2)30-31(25)17(3)28-23)15-18-11-13-19(14-12-18)21-10-7-6-9-20(21)16-27/h6-7,9-14H,4-5,8,15H2,1-3H3. The van der Waals surface area contributed by atoms with Gasteiger partial charge in [0.15, 0.2) is 5.65 Å². The van der Waals surface area contributed by atoms with E-state index in [0.29, 0.717) is 23.5 Å². The molecule has 166 valence electrons. The lowest BCUT2D eigenvalue weighted by Gasteiger charge is -2.12. The fraction of sp³-hybridized carbons (Fsp3) is 0.269. The highest BCUT2D eigenvalue weighted by molar-refractivity contribution is 5.86. The fourth-order valence-corrected chi connectivity index (χ4v) is 3.92. The van der Waals surface area contributed by atoms with Crippen molar-refractivity contribution in [3.05, 3.63) is 82.6 Å². The number of rotatable bonds is 7. The number of aromatic nitrogens is 4. The second kappa shape index (κ2) is 9.61. The van der Waals surface area contributed by atoms with Gasteiger partial charge in [0.05, 0.1) is 18.2 Å². The van der Waals surface area contributed by atoms with Crippen molar-refractivity contribution in [3.8, 4) is 17.2 Å². The lowest BCUT2D eigenvalue weighted by atomic mass is 9.97. The number of nitriles is 1. The smallest absolute Gasteiger partial charge is 0.378 e. The summed E-state index contributed by atoms with van der Waals surface area (Å²) in [5.74, 6) is 0.188. The van der Waals surface area contributed by atoms with E-state index in [9.17, 15) is 10.1 Å². The lowest BCUT2D eigenvalue weighted by molar-refractivity contribution is 0.0512. The van der Waals surface area contributed by atoms with E-state index in [0.717, 1.165) is 40.8 Å². The number of hydrogen-bond acceptors (Lipinski definition) is 6. The number of ether oxygens (including phenoxy) is 1. The van der Waals surface area contributed by atoms with Crippen LogP contribution in [0.4, 0.5) is 0 Å². The Hall–Kier alpha value is -4.05. The maximum Gasteiger partial charge on any atom is 0.378 e. The molecule has 4 aromatic rings. The van der Waals surface area contributed by atoms with Crippen molar-refractivity contribution in [2.75, 3.05) is 6.61 Å². The van der Waals surface area contributed by atoms with Crippen LogP contribution in [0, 0.1) is 18.3 Å². The summed E-state index contributed by atoms with van der Waals surface area (Å²) in [5.41, 5.74) is 6.18. The SMILES string of the molecule is CCCc1nc(C)n2nc(C(=O)OCC)nc2c1Cc1ccc(-c2ccccc2C#N)cc1. The van der Waals surface area contributed by atoms with E-state index in [1.165, 1.54) is 0 Å². The maximum atomic E-state index is 12.2. The fourth-order valence-electron chi connectivity index (χ4n) is 3.92. The maximum absolute atomic E-state index is 12.2. The molecule has 2 aromatic heterocycles. The Morgan fingerprint density at radius 1 is 1.09 bits per heavy atom. The van der Waals surface area contributed by atoms with Crippen LogP contribution < -0.4 is 0 Å². The number of nitrogens with zero attached hydrogens (tertiary/aromatic N) is 5. The van der Waals surface area contributed by atoms with Crippen LogP contribution in [0.25, 0.3) is 16.8 Å². The molecule has 0 aliphatic rings. The van der Waals surface area contributed by atoms with Crippen molar-refractivity contribution in [2.24, 2.45) is 0 Å². The van der Waals surface area contributed by atoms with E-state index in [-0.39, 0.29) is 12.4 Å². The van der Waals surface area contributed by atoms with Crippen LogP contribution in [0.1, 0.15) is 59.1 Å². The molecule has 0 N–H and O–H groups in total. The molecule has 0 amide bonds. The average molecular weight is 440 g/mol. The van der Waals surface area contributed by atoms with Crippen LogP contribution in [0.2, 0.25) is 0 Å². The molecule has 33 heavy (non-hydrogen) atoms. The van der Waals surface area contributed by atoms with Crippen LogP contribution in [-0.2, 0) is 17.6 Å². The highest BCUT2D eigenvalue weighted by atomic mass is 16.5. The number of carbonyl (C=O) groups excluding carboxylic acids is 1.